The highest BCUT2D eigenvalue weighted by atomic mass is 16.5. The summed E-state index contributed by atoms with van der Waals surface area (Å²) in [5.41, 5.74) is 0.0148. The van der Waals surface area contributed by atoms with E-state index < -0.39 is 12.0 Å². The number of carbonyl (C=O) groups excluding carboxylic acids is 1. The number of nitrogens with zero attached hydrogens (tertiary/aromatic N) is 3. The van der Waals surface area contributed by atoms with E-state index in [1.54, 1.807) is 4.90 Å². The summed E-state index contributed by atoms with van der Waals surface area (Å²) in [6, 6.07) is -0.499. The second-order valence-corrected chi connectivity index (χ2v) is 5.01. The Hall–Kier alpha value is -2.22. The number of unbranched alkanes of at least 4 members (excludes halogenated alkanes) is 1. The zero-order chi connectivity index (χ0) is 15.9. The van der Waals surface area contributed by atoms with Crippen LogP contribution in [0, 0.1) is 0 Å². The van der Waals surface area contributed by atoms with Gasteiger partial charge in [-0.05, 0) is 6.42 Å². The van der Waals surface area contributed by atoms with Crippen molar-refractivity contribution in [3.05, 3.63) is 18.0 Å². The highest BCUT2D eigenvalue weighted by Crippen LogP contribution is 2.14. The maximum Gasteiger partial charge on any atom is 0.338 e. The van der Waals surface area contributed by atoms with Gasteiger partial charge in [0.15, 0.2) is 0 Å². The molecule has 0 spiro atoms. The molecule has 2 N–H and O–H groups in total. The first-order chi connectivity index (χ1) is 10.6. The van der Waals surface area contributed by atoms with Gasteiger partial charge in [-0.3, -0.25) is 0 Å². The number of anilines is 1. The maximum atomic E-state index is 12.2. The number of piperazine rings is 1. The van der Waals surface area contributed by atoms with Gasteiger partial charge in [-0.25, -0.2) is 19.6 Å². The van der Waals surface area contributed by atoms with Gasteiger partial charge in [0.1, 0.15) is 6.04 Å². The van der Waals surface area contributed by atoms with Crippen LogP contribution in [0.1, 0.15) is 30.1 Å². The van der Waals surface area contributed by atoms with Gasteiger partial charge >= 0.3 is 11.9 Å². The predicted octanol–water partition coefficient (Wildman–Crippen LogP) is 0.296. The average Bonchev–Trinajstić information content (AvgIpc) is 2.55. The van der Waals surface area contributed by atoms with Gasteiger partial charge < -0.3 is 20.1 Å². The molecule has 1 aromatic heterocycles. The van der Waals surface area contributed by atoms with E-state index in [9.17, 15) is 9.59 Å². The number of hydrogen-bond donors (Lipinski definition) is 2. The molecule has 2 rings (SSSR count). The third kappa shape index (κ3) is 3.91. The summed E-state index contributed by atoms with van der Waals surface area (Å²) >= 11 is 0. The molecule has 1 aromatic rings. The zero-order valence-electron chi connectivity index (χ0n) is 12.5. The van der Waals surface area contributed by atoms with E-state index in [0.29, 0.717) is 32.2 Å². The second-order valence-electron chi connectivity index (χ2n) is 5.01. The van der Waals surface area contributed by atoms with Gasteiger partial charge in [0.25, 0.3) is 0 Å². The molecule has 8 heteroatoms. The number of nitrogens with one attached hydrogen (secondary N) is 1. The third-order valence-corrected chi connectivity index (χ3v) is 3.40. The number of rotatable bonds is 6. The number of hydrogen-bond acceptors (Lipinski definition) is 7. The van der Waals surface area contributed by atoms with E-state index in [1.165, 1.54) is 12.4 Å². The van der Waals surface area contributed by atoms with Gasteiger partial charge in [-0.1, -0.05) is 13.3 Å². The van der Waals surface area contributed by atoms with Crippen LogP contribution in [-0.4, -0.2) is 59.3 Å². The smallest absolute Gasteiger partial charge is 0.338 e. The summed E-state index contributed by atoms with van der Waals surface area (Å²) in [5.74, 6) is -1.06. The molecule has 8 nitrogen and oxygen atoms in total. The van der Waals surface area contributed by atoms with Gasteiger partial charge in [-0.2, -0.15) is 0 Å². The van der Waals surface area contributed by atoms with Gasteiger partial charge in [-0.15, -0.1) is 0 Å². The Morgan fingerprint density at radius 1 is 1.45 bits per heavy atom. The van der Waals surface area contributed by atoms with Crippen molar-refractivity contribution in [2.75, 3.05) is 31.1 Å². The van der Waals surface area contributed by atoms with Crippen LogP contribution in [-0.2, 0) is 9.53 Å². The second kappa shape index (κ2) is 7.69. The largest absolute Gasteiger partial charge is 0.478 e. The molecule has 120 valence electrons. The van der Waals surface area contributed by atoms with Crippen LogP contribution in [0.2, 0.25) is 0 Å². The Bertz CT molecular complexity index is 520. The quantitative estimate of drug-likeness (QED) is 0.571. The van der Waals surface area contributed by atoms with E-state index in [4.69, 9.17) is 9.84 Å². The van der Waals surface area contributed by atoms with E-state index in [-0.39, 0.29) is 11.5 Å². The number of carboxylic acids is 1. The van der Waals surface area contributed by atoms with Crippen molar-refractivity contribution >= 4 is 17.9 Å². The molecule has 1 saturated heterocycles. The molecule has 1 aliphatic rings. The molecular weight excluding hydrogens is 288 g/mol. The lowest BCUT2D eigenvalue weighted by Crippen LogP contribution is -2.56. The Morgan fingerprint density at radius 3 is 2.82 bits per heavy atom. The molecule has 2 heterocycles. The van der Waals surface area contributed by atoms with E-state index in [0.717, 1.165) is 12.8 Å². The molecule has 0 aromatic carbocycles. The summed E-state index contributed by atoms with van der Waals surface area (Å²) in [6.07, 6.45) is 4.27. The minimum atomic E-state index is -1.08. The Kier molecular flexibility index (Phi) is 5.65. The lowest BCUT2D eigenvalue weighted by atomic mass is 10.2. The van der Waals surface area contributed by atoms with Crippen LogP contribution in [0.4, 0.5) is 5.95 Å². The third-order valence-electron chi connectivity index (χ3n) is 3.40. The minimum Gasteiger partial charge on any atom is -0.478 e. The number of carboxylic acid groups (broad SMARTS) is 1. The summed E-state index contributed by atoms with van der Waals surface area (Å²) < 4.78 is 5.27. The molecule has 1 fully saturated rings. The molecule has 1 aliphatic heterocycles. The molecule has 0 amide bonds. The molecule has 0 saturated carbocycles. The lowest BCUT2D eigenvalue weighted by Gasteiger charge is -2.34. The standard InChI is InChI=1S/C14H20N4O4/c1-2-3-6-22-13(21)11-9-15-4-5-18(11)14-16-7-10(8-17-14)12(19)20/h7-8,11,15H,2-6,9H2,1H3,(H,19,20). The zero-order valence-corrected chi connectivity index (χ0v) is 12.5. The fraction of sp³-hybridized carbons (Fsp3) is 0.571. The molecular formula is C14H20N4O4. The molecule has 0 aliphatic carbocycles. The van der Waals surface area contributed by atoms with Gasteiger partial charge in [0, 0.05) is 32.0 Å². The minimum absolute atomic E-state index is 0.0148. The van der Waals surface area contributed by atoms with Crippen molar-refractivity contribution in [2.45, 2.75) is 25.8 Å². The summed E-state index contributed by atoms with van der Waals surface area (Å²) in [5, 5.41) is 12.0. The van der Waals surface area contributed by atoms with Crippen molar-refractivity contribution in [3.63, 3.8) is 0 Å². The molecule has 1 unspecified atom stereocenters. The number of carbonyl (C=O) groups is 2. The van der Waals surface area contributed by atoms with Crippen LogP contribution in [0.25, 0.3) is 0 Å². The molecule has 0 bridgehead atoms. The topological polar surface area (TPSA) is 105 Å². The first-order valence-electron chi connectivity index (χ1n) is 7.32. The van der Waals surface area contributed by atoms with Crippen LogP contribution < -0.4 is 10.2 Å². The van der Waals surface area contributed by atoms with Crippen molar-refractivity contribution in [2.24, 2.45) is 0 Å². The van der Waals surface area contributed by atoms with Crippen molar-refractivity contribution in [1.29, 1.82) is 0 Å². The summed E-state index contributed by atoms with van der Waals surface area (Å²) in [4.78, 5) is 32.9. The van der Waals surface area contributed by atoms with E-state index in [1.807, 2.05) is 6.92 Å². The predicted molar refractivity (Wildman–Crippen MR) is 78.9 cm³/mol. The summed E-state index contributed by atoms with van der Waals surface area (Å²) in [7, 11) is 0. The number of esters is 1. The highest BCUT2D eigenvalue weighted by Gasteiger charge is 2.31. The van der Waals surface area contributed by atoms with Crippen LogP contribution in [0.15, 0.2) is 12.4 Å². The average molecular weight is 308 g/mol. The number of ether oxygens (including phenoxy) is 1. The summed E-state index contributed by atoms with van der Waals surface area (Å²) in [6.45, 7) is 4.14. The molecule has 1 atom stereocenters. The fourth-order valence-electron chi connectivity index (χ4n) is 2.15. The maximum absolute atomic E-state index is 12.2. The van der Waals surface area contributed by atoms with Crippen molar-refractivity contribution in [1.82, 2.24) is 15.3 Å². The Morgan fingerprint density at radius 2 is 2.18 bits per heavy atom. The van der Waals surface area contributed by atoms with Crippen LogP contribution in [0.5, 0.6) is 0 Å². The normalized spacial score (nSPS) is 18.0. The first-order valence-corrected chi connectivity index (χ1v) is 7.32. The van der Waals surface area contributed by atoms with Gasteiger partial charge in [0.05, 0.1) is 12.2 Å². The molecule has 22 heavy (non-hydrogen) atoms. The van der Waals surface area contributed by atoms with E-state index >= 15 is 0 Å². The first kappa shape index (κ1) is 16.2. The van der Waals surface area contributed by atoms with Crippen LogP contribution in [0.3, 0.4) is 0 Å². The number of aromatic carboxylic acids is 1. The van der Waals surface area contributed by atoms with Crippen molar-refractivity contribution < 1.29 is 19.4 Å². The fourth-order valence-corrected chi connectivity index (χ4v) is 2.15. The van der Waals surface area contributed by atoms with Crippen LogP contribution >= 0.6 is 0 Å². The number of aromatic nitrogens is 2. The van der Waals surface area contributed by atoms with Crippen molar-refractivity contribution in [3.8, 4) is 0 Å². The lowest BCUT2D eigenvalue weighted by molar-refractivity contribution is -0.145. The Labute approximate surface area is 128 Å². The van der Waals surface area contributed by atoms with E-state index in [2.05, 4.69) is 15.3 Å². The van der Waals surface area contributed by atoms with Gasteiger partial charge in [0.2, 0.25) is 5.95 Å². The highest BCUT2D eigenvalue weighted by molar-refractivity contribution is 5.87. The SMILES string of the molecule is CCCCOC(=O)C1CNCCN1c1ncc(C(=O)O)cn1. The molecule has 0 radical (unpaired) electrons. The Balaban J connectivity index is 2.08. The monoisotopic (exact) mass is 308 g/mol.